The number of fused-ring (bicyclic) bond motifs is 1. The average molecular weight is 405 g/mol. The number of nitrogens with one attached hydrogen (secondary N) is 2. The molecular weight excluding hydrogens is 382 g/mol. The zero-order valence-electron chi connectivity index (χ0n) is 16.3. The van der Waals surface area contributed by atoms with Crippen LogP contribution in [0.5, 0.6) is 17.2 Å². The van der Waals surface area contributed by atoms with Crippen LogP contribution in [-0.4, -0.2) is 43.0 Å². The minimum absolute atomic E-state index is 0.123. The maximum Gasteiger partial charge on any atom is 0.257 e. The molecule has 1 unspecified atom stereocenters. The summed E-state index contributed by atoms with van der Waals surface area (Å²) in [5, 5.41) is 3.22. The van der Waals surface area contributed by atoms with E-state index in [1.54, 1.807) is 12.1 Å². The molecule has 1 aliphatic heterocycles. The van der Waals surface area contributed by atoms with Crippen LogP contribution >= 0.6 is 11.8 Å². The number of carbonyl (C=O) groups is 1. The third-order valence-corrected chi connectivity index (χ3v) is 5.54. The fourth-order valence-electron chi connectivity index (χ4n) is 3.20. The van der Waals surface area contributed by atoms with Gasteiger partial charge in [0.25, 0.3) is 5.56 Å². The molecule has 0 aliphatic carbocycles. The molecule has 1 amide bonds. The van der Waals surface area contributed by atoms with Crippen LogP contribution in [-0.2, 0) is 4.79 Å². The summed E-state index contributed by atoms with van der Waals surface area (Å²) in [5.41, 5.74) is 0.879. The zero-order valence-corrected chi connectivity index (χ0v) is 17.1. The number of hydrogen-bond donors (Lipinski definition) is 2. The fourth-order valence-corrected chi connectivity index (χ4v) is 3.92. The van der Waals surface area contributed by atoms with Gasteiger partial charge in [0.1, 0.15) is 5.82 Å². The van der Waals surface area contributed by atoms with Crippen molar-refractivity contribution in [3.05, 3.63) is 33.6 Å². The standard InChI is InChI=1S/C19H23N3O5S/c1-5-6-28-19-21-17-15(18(24)22-19)11(9-14(23)20-17)10-7-12(25-2)16(27-4)13(8-10)26-3/h7-8,11H,5-6,9H2,1-4H3,(H2,20,21,22,23,24). The van der Waals surface area contributed by atoms with Crippen molar-refractivity contribution >= 4 is 23.5 Å². The molecule has 0 saturated heterocycles. The van der Waals surface area contributed by atoms with E-state index in [9.17, 15) is 9.59 Å². The highest BCUT2D eigenvalue weighted by molar-refractivity contribution is 7.99. The molecule has 2 N–H and O–H groups in total. The quantitative estimate of drug-likeness (QED) is 0.539. The lowest BCUT2D eigenvalue weighted by Gasteiger charge is -2.25. The highest BCUT2D eigenvalue weighted by Crippen LogP contribution is 2.43. The third-order valence-electron chi connectivity index (χ3n) is 4.46. The van der Waals surface area contributed by atoms with Crippen molar-refractivity contribution in [1.29, 1.82) is 0 Å². The van der Waals surface area contributed by atoms with Crippen LogP contribution in [0.15, 0.2) is 22.1 Å². The molecule has 0 saturated carbocycles. The molecule has 1 aromatic heterocycles. The van der Waals surface area contributed by atoms with Gasteiger partial charge in [-0.05, 0) is 24.1 Å². The first-order valence-electron chi connectivity index (χ1n) is 8.89. The third kappa shape index (κ3) is 3.80. The van der Waals surface area contributed by atoms with Crippen LogP contribution < -0.4 is 25.1 Å². The molecule has 0 spiro atoms. The number of methoxy groups -OCH3 is 3. The number of aromatic nitrogens is 2. The summed E-state index contributed by atoms with van der Waals surface area (Å²) in [6.45, 7) is 2.05. The van der Waals surface area contributed by atoms with Crippen LogP contribution in [0.4, 0.5) is 5.82 Å². The summed E-state index contributed by atoms with van der Waals surface area (Å²) < 4.78 is 16.2. The van der Waals surface area contributed by atoms with Gasteiger partial charge in [-0.25, -0.2) is 4.98 Å². The molecule has 1 aromatic carbocycles. The average Bonchev–Trinajstić information content (AvgIpc) is 2.69. The Labute approximate surface area is 167 Å². The van der Waals surface area contributed by atoms with Gasteiger partial charge in [-0.1, -0.05) is 18.7 Å². The van der Waals surface area contributed by atoms with Crippen LogP contribution in [0.25, 0.3) is 0 Å². The number of carbonyl (C=O) groups excluding carboxylic acids is 1. The lowest BCUT2D eigenvalue weighted by atomic mass is 9.86. The van der Waals surface area contributed by atoms with E-state index >= 15 is 0 Å². The number of nitrogens with zero attached hydrogens (tertiary/aromatic N) is 1. The Kier molecular flexibility index (Phi) is 6.13. The molecule has 2 heterocycles. The van der Waals surface area contributed by atoms with E-state index in [4.69, 9.17) is 14.2 Å². The number of anilines is 1. The van der Waals surface area contributed by atoms with Gasteiger partial charge in [0, 0.05) is 18.1 Å². The minimum atomic E-state index is -0.473. The number of H-pyrrole nitrogens is 1. The highest BCUT2D eigenvalue weighted by atomic mass is 32.2. The van der Waals surface area contributed by atoms with E-state index in [0.717, 1.165) is 12.2 Å². The van der Waals surface area contributed by atoms with Crippen LogP contribution in [0.2, 0.25) is 0 Å². The number of aromatic amines is 1. The molecule has 1 aliphatic rings. The second-order valence-corrected chi connectivity index (χ2v) is 7.33. The normalized spacial score (nSPS) is 15.6. The van der Waals surface area contributed by atoms with E-state index < -0.39 is 5.92 Å². The molecular formula is C19H23N3O5S. The molecule has 3 rings (SSSR count). The van der Waals surface area contributed by atoms with Gasteiger partial charge >= 0.3 is 0 Å². The summed E-state index contributed by atoms with van der Waals surface area (Å²) in [4.78, 5) is 32.4. The molecule has 9 heteroatoms. The van der Waals surface area contributed by atoms with Crippen molar-refractivity contribution < 1.29 is 19.0 Å². The number of rotatable bonds is 7. The molecule has 2 aromatic rings. The van der Waals surface area contributed by atoms with E-state index in [1.165, 1.54) is 33.1 Å². The van der Waals surface area contributed by atoms with E-state index in [1.807, 2.05) is 6.92 Å². The summed E-state index contributed by atoms with van der Waals surface area (Å²) in [5.74, 6) is 1.83. The van der Waals surface area contributed by atoms with Crippen molar-refractivity contribution in [2.75, 3.05) is 32.4 Å². The van der Waals surface area contributed by atoms with Crippen LogP contribution in [0.1, 0.15) is 36.8 Å². The predicted octanol–water partition coefficient (Wildman–Crippen LogP) is 2.77. The van der Waals surface area contributed by atoms with Crippen molar-refractivity contribution in [2.45, 2.75) is 30.8 Å². The minimum Gasteiger partial charge on any atom is -0.493 e. The summed E-state index contributed by atoms with van der Waals surface area (Å²) in [6, 6.07) is 3.52. The smallest absolute Gasteiger partial charge is 0.257 e. The van der Waals surface area contributed by atoms with Gasteiger partial charge in [0.2, 0.25) is 11.7 Å². The van der Waals surface area contributed by atoms with Gasteiger partial charge in [-0.15, -0.1) is 0 Å². The summed E-state index contributed by atoms with van der Waals surface area (Å²) in [6.07, 6.45) is 1.07. The molecule has 0 bridgehead atoms. The number of hydrogen-bond acceptors (Lipinski definition) is 7. The second-order valence-electron chi connectivity index (χ2n) is 6.25. The first kappa shape index (κ1) is 20.1. The van der Waals surface area contributed by atoms with Gasteiger partial charge in [-0.2, -0.15) is 0 Å². The second kappa shape index (κ2) is 8.55. The Bertz CT molecular complexity index is 919. The number of amides is 1. The van der Waals surface area contributed by atoms with Crippen molar-refractivity contribution in [2.24, 2.45) is 0 Å². The first-order valence-corrected chi connectivity index (χ1v) is 9.87. The Morgan fingerprint density at radius 2 is 1.82 bits per heavy atom. The predicted molar refractivity (Wildman–Crippen MR) is 107 cm³/mol. The monoisotopic (exact) mass is 405 g/mol. The lowest BCUT2D eigenvalue weighted by molar-refractivity contribution is -0.116. The van der Waals surface area contributed by atoms with Crippen molar-refractivity contribution in [3.63, 3.8) is 0 Å². The van der Waals surface area contributed by atoms with E-state index in [2.05, 4.69) is 15.3 Å². The van der Waals surface area contributed by atoms with Crippen LogP contribution in [0.3, 0.4) is 0 Å². The van der Waals surface area contributed by atoms with Gasteiger partial charge in [0.15, 0.2) is 16.7 Å². The summed E-state index contributed by atoms with van der Waals surface area (Å²) >= 11 is 1.45. The Hall–Kier alpha value is -2.68. The number of ether oxygens (including phenoxy) is 3. The first-order chi connectivity index (χ1) is 13.5. The zero-order chi connectivity index (χ0) is 20.3. The Morgan fingerprint density at radius 3 is 2.39 bits per heavy atom. The molecule has 150 valence electrons. The lowest BCUT2D eigenvalue weighted by Crippen LogP contribution is -2.31. The Morgan fingerprint density at radius 1 is 1.14 bits per heavy atom. The van der Waals surface area contributed by atoms with Crippen molar-refractivity contribution in [1.82, 2.24) is 9.97 Å². The van der Waals surface area contributed by atoms with E-state index in [0.29, 0.717) is 39.3 Å². The molecule has 1 atom stereocenters. The molecule has 0 radical (unpaired) electrons. The van der Waals surface area contributed by atoms with Gasteiger partial charge in [0.05, 0.1) is 26.9 Å². The molecule has 0 fully saturated rings. The molecule has 28 heavy (non-hydrogen) atoms. The molecule has 8 nitrogen and oxygen atoms in total. The highest BCUT2D eigenvalue weighted by Gasteiger charge is 2.32. The van der Waals surface area contributed by atoms with Gasteiger partial charge < -0.3 is 24.5 Å². The largest absolute Gasteiger partial charge is 0.493 e. The number of thioether (sulfide) groups is 1. The topological polar surface area (TPSA) is 103 Å². The maximum atomic E-state index is 12.8. The van der Waals surface area contributed by atoms with Gasteiger partial charge in [-0.3, -0.25) is 9.59 Å². The number of benzene rings is 1. The maximum absolute atomic E-state index is 12.8. The fraction of sp³-hybridized carbons (Fsp3) is 0.421. The Balaban J connectivity index is 2.12. The van der Waals surface area contributed by atoms with Crippen LogP contribution in [0, 0.1) is 0 Å². The van der Waals surface area contributed by atoms with E-state index in [-0.39, 0.29) is 17.9 Å². The van der Waals surface area contributed by atoms with Crippen molar-refractivity contribution in [3.8, 4) is 17.2 Å². The SMILES string of the molecule is CCCSc1nc2c(c(=O)[nH]1)C(c1cc(OC)c(OC)c(OC)c1)CC(=O)N2. The summed E-state index contributed by atoms with van der Waals surface area (Å²) in [7, 11) is 4.57.